The van der Waals surface area contributed by atoms with E-state index in [1.165, 1.54) is 87.9 Å². The molecule has 5 fully saturated rings. The summed E-state index contributed by atoms with van der Waals surface area (Å²) >= 11 is 1.35. The molecule has 7 amide bonds. The van der Waals surface area contributed by atoms with Crippen molar-refractivity contribution in [2.24, 2.45) is 11.8 Å². The number of aliphatic hydroxyl groups excluding tert-OH is 8. The molecule has 0 bridgehead atoms. The number of aliphatic hydroxyl groups is 8. The van der Waals surface area contributed by atoms with Gasteiger partial charge in [-0.2, -0.15) is 0 Å². The molecule has 0 spiro atoms. The van der Waals surface area contributed by atoms with Crippen molar-refractivity contribution in [2.75, 3.05) is 84.1 Å². The van der Waals surface area contributed by atoms with Gasteiger partial charge in [-0.05, 0) is 92.7 Å². The number of rotatable bonds is 19. The van der Waals surface area contributed by atoms with E-state index in [0.29, 0.717) is 15.6 Å². The van der Waals surface area contributed by atoms with Crippen LogP contribution in [0.2, 0.25) is 0 Å². The molecule has 1 aromatic heterocycles. The lowest BCUT2D eigenvalue weighted by atomic mass is 9.98. The number of phenols is 1. The van der Waals surface area contributed by atoms with Gasteiger partial charge in [-0.3, -0.25) is 38.5 Å². The Bertz CT molecular complexity index is 3260. The molecule has 5 aliphatic rings. The molecule has 4 aliphatic heterocycles. The normalized spacial score (nSPS) is 26.8. The molecule has 1 saturated carbocycles. The van der Waals surface area contributed by atoms with Gasteiger partial charge < -0.3 is 97.3 Å². The predicted octanol–water partition coefficient (Wildman–Crippen LogP) is -2.82. The van der Waals surface area contributed by atoms with E-state index in [1.807, 2.05) is 12.1 Å². The Hall–Kier alpha value is -7.49. The van der Waals surface area contributed by atoms with E-state index in [2.05, 4.69) is 64.0 Å². The second kappa shape index (κ2) is 32.3. The third-order valence-electron chi connectivity index (χ3n) is 18.4. The molecule has 3 aromatic carbocycles. The van der Waals surface area contributed by atoms with Gasteiger partial charge in [0.1, 0.15) is 46.3 Å². The summed E-state index contributed by atoms with van der Waals surface area (Å²) in [5.74, 6) is -7.99. The highest BCUT2D eigenvalue weighted by Crippen LogP contribution is 2.34. The molecule has 15 N–H and O–H groups in total. The van der Waals surface area contributed by atoms with Gasteiger partial charge in [0.2, 0.25) is 35.4 Å². The van der Waals surface area contributed by atoms with E-state index in [1.54, 1.807) is 12.1 Å². The number of β-amino-alcohol motifs (C(OH)–C–C–N with tert-alkyl or cyclic N) is 1. The Labute approximate surface area is 547 Å². The van der Waals surface area contributed by atoms with Gasteiger partial charge in [0.25, 0.3) is 5.91 Å². The topological polar surface area (TPSA) is 422 Å². The van der Waals surface area contributed by atoms with Crippen molar-refractivity contribution >= 4 is 58.4 Å². The first kappa shape index (κ1) is 70.8. The first-order valence-corrected chi connectivity index (χ1v) is 32.9. The average molecular weight is 1330 g/mol. The molecule has 94 heavy (non-hydrogen) atoms. The van der Waals surface area contributed by atoms with Crippen LogP contribution in [0.15, 0.2) is 66.7 Å². The van der Waals surface area contributed by atoms with E-state index in [9.17, 15) is 79.5 Å². The zero-order chi connectivity index (χ0) is 67.5. The van der Waals surface area contributed by atoms with Crippen LogP contribution in [-0.2, 0) is 35.2 Å². The third kappa shape index (κ3) is 17.3. The second-order valence-electron chi connectivity index (χ2n) is 25.3. The molecule has 9 rings (SSSR count). The summed E-state index contributed by atoms with van der Waals surface area (Å²) in [5.41, 5.74) is 2.93. The van der Waals surface area contributed by atoms with Crippen LogP contribution < -0.4 is 41.5 Å². The summed E-state index contributed by atoms with van der Waals surface area (Å²) in [5, 5.41) is 124. The number of phenolic OH excluding ortho intramolecular Hbond substituents is 1. The maximum atomic E-state index is 15.0. The number of carbonyl (C=O) groups excluding carboxylic acids is 7. The number of amides is 7. The molecule has 13 atom stereocenters. The molecular weight excluding hydrogens is 1240 g/mol. The van der Waals surface area contributed by atoms with Crippen molar-refractivity contribution in [1.29, 1.82) is 0 Å². The number of piperazine rings is 1. The van der Waals surface area contributed by atoms with Crippen LogP contribution >= 0.6 is 11.3 Å². The predicted molar refractivity (Wildman–Crippen MR) is 342 cm³/mol. The van der Waals surface area contributed by atoms with Crippen LogP contribution in [0.5, 0.6) is 11.5 Å². The molecular formula is C64H88N12O17S. The van der Waals surface area contributed by atoms with Gasteiger partial charge >= 0.3 is 0 Å². The van der Waals surface area contributed by atoms with Crippen LogP contribution in [0.4, 0.5) is 5.69 Å². The Morgan fingerprint density at radius 2 is 1.36 bits per heavy atom. The zero-order valence-electron chi connectivity index (χ0n) is 52.8. The number of hydrogen-bond donors (Lipinski definition) is 15. The maximum Gasteiger partial charge on any atom is 0.251 e. The SMILES string of the molecule is COc1cc(C[C@@H](O)[C@@H]2NC(=O)[C@@H]3C[C@@H](O)CN3C(=O)[C@H]([C@@H](C)O)NC(=O)[C@@H](NC(=O)c3ccc(-c4nnc(-c5ccc(N6CCN(CC7CCCC7)CC6)cc5)s4)cc3)C[C@@H](O)CNC(=O)[C@@H]3[C@@H](O)[C@@H](C)CN3C(=O)[C@H]([C@H](O)CCNC(CO)CO)NC2=O)ccc1O. The van der Waals surface area contributed by atoms with Crippen molar-refractivity contribution in [3.63, 3.8) is 0 Å². The van der Waals surface area contributed by atoms with Crippen LogP contribution in [0.25, 0.3) is 21.1 Å². The molecule has 30 heteroatoms. The lowest BCUT2D eigenvalue weighted by molar-refractivity contribution is -0.147. The van der Waals surface area contributed by atoms with Crippen molar-refractivity contribution in [1.82, 2.24) is 56.8 Å². The smallest absolute Gasteiger partial charge is 0.251 e. The highest BCUT2D eigenvalue weighted by molar-refractivity contribution is 7.17. The maximum absolute atomic E-state index is 15.0. The molecule has 4 aromatic rings. The van der Waals surface area contributed by atoms with Gasteiger partial charge in [-0.25, -0.2) is 0 Å². The highest BCUT2D eigenvalue weighted by atomic mass is 32.1. The number of anilines is 1. The van der Waals surface area contributed by atoms with Crippen LogP contribution in [0.3, 0.4) is 0 Å². The monoisotopic (exact) mass is 1330 g/mol. The first-order chi connectivity index (χ1) is 45.0. The highest BCUT2D eigenvalue weighted by Gasteiger charge is 2.50. The lowest BCUT2D eigenvalue weighted by Gasteiger charge is -2.37. The fourth-order valence-corrected chi connectivity index (χ4v) is 13.8. The van der Waals surface area contributed by atoms with Gasteiger partial charge in [-0.1, -0.05) is 49.3 Å². The number of hydrogen-bond acceptors (Lipinski definition) is 23. The largest absolute Gasteiger partial charge is 0.504 e. The van der Waals surface area contributed by atoms with Gasteiger partial charge in [0, 0.05) is 99.9 Å². The van der Waals surface area contributed by atoms with E-state index in [-0.39, 0.29) is 42.1 Å². The summed E-state index contributed by atoms with van der Waals surface area (Å²) in [7, 11) is 1.27. The summed E-state index contributed by atoms with van der Waals surface area (Å²) in [4.78, 5) is 109. The third-order valence-corrected chi connectivity index (χ3v) is 19.4. The van der Waals surface area contributed by atoms with Crippen LogP contribution in [-0.4, -0.2) is 270 Å². The number of fused-ring (bicyclic) bond motifs is 2. The minimum Gasteiger partial charge on any atom is -0.504 e. The Morgan fingerprint density at radius 3 is 2.00 bits per heavy atom. The molecule has 1 aliphatic carbocycles. The Kier molecular flexibility index (Phi) is 24.3. The molecule has 0 unspecified atom stereocenters. The Morgan fingerprint density at radius 1 is 0.734 bits per heavy atom. The van der Waals surface area contributed by atoms with Crippen molar-refractivity contribution in [2.45, 2.75) is 144 Å². The van der Waals surface area contributed by atoms with Crippen LogP contribution in [0.1, 0.15) is 74.7 Å². The fourth-order valence-electron chi connectivity index (χ4n) is 12.9. The van der Waals surface area contributed by atoms with Crippen LogP contribution in [0, 0.1) is 11.8 Å². The van der Waals surface area contributed by atoms with Crippen molar-refractivity contribution < 1.29 is 84.3 Å². The minimum atomic E-state index is -2.07. The number of aromatic nitrogens is 2. The number of nitrogens with one attached hydrogen (secondary N) is 6. The molecule has 5 heterocycles. The summed E-state index contributed by atoms with van der Waals surface area (Å²) in [6.07, 6.45) is -6.82. The number of ether oxygens (including phenoxy) is 1. The molecule has 29 nitrogen and oxygen atoms in total. The first-order valence-electron chi connectivity index (χ1n) is 32.1. The van der Waals surface area contributed by atoms with Crippen molar-refractivity contribution in [3.8, 4) is 32.6 Å². The second-order valence-corrected chi connectivity index (χ2v) is 26.3. The van der Waals surface area contributed by atoms with Gasteiger partial charge in [0.15, 0.2) is 11.5 Å². The molecule has 4 saturated heterocycles. The molecule has 512 valence electrons. The van der Waals surface area contributed by atoms with E-state index < -0.39 is 172 Å². The van der Waals surface area contributed by atoms with Gasteiger partial charge in [0.05, 0.1) is 63.0 Å². The van der Waals surface area contributed by atoms with Crippen molar-refractivity contribution in [3.05, 3.63) is 77.9 Å². The zero-order valence-corrected chi connectivity index (χ0v) is 53.6. The number of nitrogens with zero attached hydrogens (tertiary/aromatic N) is 6. The lowest BCUT2D eigenvalue weighted by Crippen LogP contribution is -2.64. The fraction of sp³-hybridized carbons (Fsp3) is 0.578. The van der Waals surface area contributed by atoms with E-state index >= 15 is 0 Å². The van der Waals surface area contributed by atoms with E-state index in [4.69, 9.17) is 4.74 Å². The quantitative estimate of drug-likeness (QED) is 0.0450. The summed E-state index contributed by atoms with van der Waals surface area (Å²) < 4.78 is 5.22. The standard InChI is InChI=1S/C64H88N12O17S/c1-34-29-76-54(55(34)85)60(90)66-28-43(80)26-45(67-56(86)38-9-11-39(12-10-38)61-71-72-62(94-61)40-13-15-42(16-14-40)74-22-20-73(21-23-74)30-36-6-4-5-7-36)57(87)68-51(35(2)79)63(91)75-31-44(81)27-46(75)58(88)69-52(49(84)24-37-8-17-47(82)50(25-37)93-3)59(89)70-53(64(76)92)48(83)18-19-65-41(32-77)33-78/h8-17,25,34-36,41,43-46,48-49,51-55,65,77-85H,4-7,18-24,26-33H2,1-3H3,(H,66,90)(H,67,86)(H,68,87)(H,69,88)(H,70,89)/t34-,35+,43+,44+,45-,46-,48+,49+,51-,52-,53-,54-,55-/m0/s1. The minimum absolute atomic E-state index is 0.0229. The van der Waals surface area contributed by atoms with Gasteiger partial charge in [-0.15, -0.1) is 10.2 Å². The molecule has 0 radical (unpaired) electrons. The summed E-state index contributed by atoms with van der Waals surface area (Å²) in [6, 6.07) is 6.41. The number of methoxy groups -OCH3 is 1. The number of aromatic hydroxyl groups is 1. The summed E-state index contributed by atoms with van der Waals surface area (Å²) in [6.45, 7) is 5.06. The average Bonchev–Trinajstić information content (AvgIpc) is 1.66. The Balaban J connectivity index is 0.964. The number of benzene rings is 3. The van der Waals surface area contributed by atoms with E-state index in [0.717, 1.165) is 60.1 Å². The number of carbonyl (C=O) groups is 7.